The average Bonchev–Trinajstić information content (AvgIpc) is 2.76. The number of aliphatic imine (C=N–C) groups is 1. The molecule has 0 amide bonds. The topological polar surface area (TPSA) is 38.7 Å². The van der Waals surface area contributed by atoms with Gasteiger partial charge in [-0.25, -0.2) is 9.79 Å². The van der Waals surface area contributed by atoms with E-state index < -0.39 is 0 Å². The molecule has 0 aliphatic carbocycles. The van der Waals surface area contributed by atoms with Crippen molar-refractivity contribution >= 4 is 29.3 Å². The van der Waals surface area contributed by atoms with Gasteiger partial charge >= 0.3 is 5.97 Å². The van der Waals surface area contributed by atoms with Crippen molar-refractivity contribution in [2.24, 2.45) is 10.4 Å². The molecule has 1 aliphatic rings. The van der Waals surface area contributed by atoms with E-state index in [0.29, 0.717) is 11.6 Å². The molecular weight excluding hydrogens is 222 g/mol. The molecule has 0 atom stereocenters. The second kappa shape index (κ2) is 3.87. The van der Waals surface area contributed by atoms with Gasteiger partial charge < -0.3 is 4.74 Å². The number of thiophene rings is 1. The second-order valence-corrected chi connectivity index (χ2v) is 5.58. The second-order valence-electron chi connectivity index (χ2n) is 4.60. The number of carbonyl (C=O) groups is 1. The lowest BCUT2D eigenvalue weighted by atomic mass is 9.97. The Morgan fingerprint density at radius 3 is 2.69 bits per heavy atom. The van der Waals surface area contributed by atoms with Gasteiger partial charge in [-0.05, 0) is 17.5 Å². The minimum atomic E-state index is -0.363. The summed E-state index contributed by atoms with van der Waals surface area (Å²) in [6, 6.07) is 3.88. The van der Waals surface area contributed by atoms with Gasteiger partial charge in [0.15, 0.2) is 5.70 Å². The highest BCUT2D eigenvalue weighted by Crippen LogP contribution is 2.26. The summed E-state index contributed by atoms with van der Waals surface area (Å²) < 4.78 is 5.13. The molecule has 1 aromatic heterocycles. The molecule has 2 rings (SSSR count). The Kier molecular flexibility index (Phi) is 2.68. The zero-order valence-electron chi connectivity index (χ0n) is 9.48. The fourth-order valence-corrected chi connectivity index (χ4v) is 1.89. The van der Waals surface area contributed by atoms with Crippen LogP contribution in [0.25, 0.3) is 6.08 Å². The van der Waals surface area contributed by atoms with Crippen molar-refractivity contribution in [1.29, 1.82) is 0 Å². The van der Waals surface area contributed by atoms with Crippen molar-refractivity contribution in [2.75, 3.05) is 0 Å². The van der Waals surface area contributed by atoms with Gasteiger partial charge in [0, 0.05) is 10.3 Å². The van der Waals surface area contributed by atoms with Gasteiger partial charge in [-0.1, -0.05) is 26.8 Å². The van der Waals surface area contributed by atoms with Crippen LogP contribution in [0, 0.1) is 5.41 Å². The maximum Gasteiger partial charge on any atom is 0.363 e. The van der Waals surface area contributed by atoms with Gasteiger partial charge in [0.25, 0.3) is 0 Å². The molecule has 0 saturated carbocycles. The number of carbonyl (C=O) groups excluding carboxylic acids is 1. The molecule has 0 radical (unpaired) electrons. The van der Waals surface area contributed by atoms with Crippen molar-refractivity contribution in [1.82, 2.24) is 0 Å². The van der Waals surface area contributed by atoms with E-state index in [1.165, 1.54) is 0 Å². The summed E-state index contributed by atoms with van der Waals surface area (Å²) in [5, 5.41) is 1.96. The highest BCUT2D eigenvalue weighted by molar-refractivity contribution is 7.10. The van der Waals surface area contributed by atoms with E-state index in [9.17, 15) is 4.79 Å². The Balaban J connectivity index is 2.31. The zero-order chi connectivity index (χ0) is 11.8. The predicted octanol–water partition coefficient (Wildman–Crippen LogP) is 3.09. The van der Waals surface area contributed by atoms with Gasteiger partial charge in [0.05, 0.1) is 0 Å². The maximum atomic E-state index is 11.6. The maximum absolute atomic E-state index is 11.6. The van der Waals surface area contributed by atoms with Crippen LogP contribution < -0.4 is 0 Å². The molecule has 16 heavy (non-hydrogen) atoms. The summed E-state index contributed by atoms with van der Waals surface area (Å²) >= 11 is 1.57. The summed E-state index contributed by atoms with van der Waals surface area (Å²) in [5.74, 6) is 0.124. The van der Waals surface area contributed by atoms with Crippen molar-refractivity contribution < 1.29 is 9.53 Å². The monoisotopic (exact) mass is 235 g/mol. The van der Waals surface area contributed by atoms with Crippen molar-refractivity contribution in [2.45, 2.75) is 20.8 Å². The Hall–Kier alpha value is -1.42. The lowest BCUT2D eigenvalue weighted by Gasteiger charge is -2.15. The SMILES string of the molecule is CC(C)(C)C1=NC(=Cc2cccs2)C(=O)O1. The lowest BCUT2D eigenvalue weighted by Crippen LogP contribution is -2.21. The third-order valence-corrected chi connectivity index (χ3v) is 2.90. The van der Waals surface area contributed by atoms with Gasteiger partial charge in [-0.3, -0.25) is 0 Å². The molecule has 2 heterocycles. The van der Waals surface area contributed by atoms with Crippen LogP contribution in [-0.4, -0.2) is 11.9 Å². The van der Waals surface area contributed by atoms with Crippen LogP contribution in [0.4, 0.5) is 0 Å². The van der Waals surface area contributed by atoms with Crippen LogP contribution in [0.3, 0.4) is 0 Å². The minimum Gasteiger partial charge on any atom is -0.406 e. The Morgan fingerprint density at radius 1 is 1.44 bits per heavy atom. The first-order valence-corrected chi connectivity index (χ1v) is 5.91. The Labute approximate surface area is 98.5 Å². The van der Waals surface area contributed by atoms with Gasteiger partial charge in [-0.2, -0.15) is 0 Å². The van der Waals surface area contributed by atoms with E-state index in [-0.39, 0.29) is 11.4 Å². The number of esters is 1. The van der Waals surface area contributed by atoms with Crippen molar-refractivity contribution in [3.8, 4) is 0 Å². The molecule has 1 aliphatic heterocycles. The molecule has 0 spiro atoms. The van der Waals surface area contributed by atoms with E-state index in [1.54, 1.807) is 17.4 Å². The molecule has 0 aromatic carbocycles. The Morgan fingerprint density at radius 2 is 2.19 bits per heavy atom. The highest BCUT2D eigenvalue weighted by Gasteiger charge is 2.31. The number of hydrogen-bond donors (Lipinski definition) is 0. The molecule has 0 saturated heterocycles. The van der Waals surface area contributed by atoms with E-state index in [1.807, 2.05) is 38.3 Å². The molecule has 0 fully saturated rings. The predicted molar refractivity (Wildman–Crippen MR) is 65.3 cm³/mol. The summed E-state index contributed by atoms with van der Waals surface area (Å²) in [4.78, 5) is 16.8. The highest BCUT2D eigenvalue weighted by atomic mass is 32.1. The van der Waals surface area contributed by atoms with Crippen molar-refractivity contribution in [3.05, 3.63) is 28.1 Å². The van der Waals surface area contributed by atoms with Crippen LogP contribution in [0.5, 0.6) is 0 Å². The molecule has 0 bridgehead atoms. The number of cyclic esters (lactones) is 1. The molecular formula is C12H13NO2S. The summed E-state index contributed by atoms with van der Waals surface area (Å²) in [6.07, 6.45) is 1.76. The van der Waals surface area contributed by atoms with Crippen LogP contribution >= 0.6 is 11.3 Å². The number of ether oxygens (including phenoxy) is 1. The van der Waals surface area contributed by atoms with Gasteiger partial charge in [-0.15, -0.1) is 11.3 Å². The smallest absolute Gasteiger partial charge is 0.363 e. The zero-order valence-corrected chi connectivity index (χ0v) is 10.3. The van der Waals surface area contributed by atoms with Crippen LogP contribution in [0.2, 0.25) is 0 Å². The largest absolute Gasteiger partial charge is 0.406 e. The normalized spacial score (nSPS) is 18.8. The van der Waals surface area contributed by atoms with Crippen LogP contribution in [-0.2, 0) is 9.53 Å². The van der Waals surface area contributed by atoms with Crippen molar-refractivity contribution in [3.63, 3.8) is 0 Å². The minimum absolute atomic E-state index is 0.235. The quantitative estimate of drug-likeness (QED) is 0.554. The van der Waals surface area contributed by atoms with Crippen LogP contribution in [0.15, 0.2) is 28.2 Å². The molecule has 1 aromatic rings. The third kappa shape index (κ3) is 2.22. The summed E-state index contributed by atoms with van der Waals surface area (Å²) in [6.45, 7) is 5.90. The fraction of sp³-hybridized carbons (Fsp3) is 0.333. The van der Waals surface area contributed by atoms with E-state index in [0.717, 1.165) is 4.88 Å². The van der Waals surface area contributed by atoms with E-state index in [4.69, 9.17) is 4.74 Å². The van der Waals surface area contributed by atoms with Gasteiger partial charge in [0.1, 0.15) is 0 Å². The molecule has 84 valence electrons. The number of nitrogens with zero attached hydrogens (tertiary/aromatic N) is 1. The molecule has 3 nitrogen and oxygen atoms in total. The first-order chi connectivity index (χ1) is 7.47. The fourth-order valence-electron chi connectivity index (χ4n) is 1.24. The average molecular weight is 235 g/mol. The number of hydrogen-bond acceptors (Lipinski definition) is 4. The molecule has 0 N–H and O–H groups in total. The van der Waals surface area contributed by atoms with Crippen LogP contribution in [0.1, 0.15) is 25.6 Å². The van der Waals surface area contributed by atoms with E-state index >= 15 is 0 Å². The molecule has 4 heteroatoms. The standard InChI is InChI=1S/C12H13NO2S/c1-12(2,3)11-13-9(10(14)15-11)7-8-5-4-6-16-8/h4-7H,1-3H3. The summed E-state index contributed by atoms with van der Waals surface area (Å²) in [7, 11) is 0. The summed E-state index contributed by atoms with van der Waals surface area (Å²) in [5.41, 5.74) is 0.146. The van der Waals surface area contributed by atoms with Gasteiger partial charge in [0.2, 0.25) is 5.90 Å². The molecule has 0 unspecified atom stereocenters. The third-order valence-electron chi connectivity index (χ3n) is 2.08. The Bertz CT molecular complexity index is 464. The van der Waals surface area contributed by atoms with E-state index in [2.05, 4.69) is 4.99 Å². The first kappa shape index (κ1) is 11.1. The lowest BCUT2D eigenvalue weighted by molar-refractivity contribution is -0.130. The number of rotatable bonds is 1. The first-order valence-electron chi connectivity index (χ1n) is 5.03.